The summed E-state index contributed by atoms with van der Waals surface area (Å²) in [6.45, 7) is 4.16. The molecule has 2 aromatic carbocycles. The van der Waals surface area contributed by atoms with E-state index in [2.05, 4.69) is 22.0 Å². The lowest BCUT2D eigenvalue weighted by Crippen LogP contribution is -2.25. The van der Waals surface area contributed by atoms with Crippen molar-refractivity contribution in [2.45, 2.75) is 0 Å². The van der Waals surface area contributed by atoms with Crippen LogP contribution in [0.3, 0.4) is 0 Å². The van der Waals surface area contributed by atoms with Gasteiger partial charge in [0.2, 0.25) is 10.6 Å². The van der Waals surface area contributed by atoms with E-state index in [-0.39, 0.29) is 29.8 Å². The zero-order valence-corrected chi connectivity index (χ0v) is 18.9. The molecule has 1 aliphatic rings. The van der Waals surface area contributed by atoms with Gasteiger partial charge in [-0.2, -0.15) is 5.10 Å². The van der Waals surface area contributed by atoms with Crippen LogP contribution < -0.4 is 24.3 Å². The number of benzene rings is 2. The van der Waals surface area contributed by atoms with E-state index in [1.165, 1.54) is 25.6 Å². The molecular weight excluding hydrogens is 444 g/mol. The standard InChI is InChI=1S/C23H22N4O5S/c1-4-7-24-23-27(25-11-14-8-19(30-2)22(29)20(9-14)31-3)17(13-33-23)15-5-6-18-16(10-15)26-21(28)12-32-18/h4-6,8-11,13,29H,1,7,12H2,2-3H3,(H,26,28). The van der Waals surface area contributed by atoms with E-state index < -0.39 is 0 Å². The summed E-state index contributed by atoms with van der Waals surface area (Å²) in [6, 6.07) is 8.85. The molecule has 10 heteroatoms. The molecule has 0 saturated heterocycles. The van der Waals surface area contributed by atoms with E-state index in [0.29, 0.717) is 28.3 Å². The lowest BCUT2D eigenvalue weighted by Gasteiger charge is -2.18. The number of carbonyl (C=O) groups excluding carboxylic acids is 1. The summed E-state index contributed by atoms with van der Waals surface area (Å²) in [5, 5.41) is 19.5. The van der Waals surface area contributed by atoms with Gasteiger partial charge in [-0.3, -0.25) is 9.79 Å². The minimum Gasteiger partial charge on any atom is -0.502 e. The van der Waals surface area contributed by atoms with Crippen molar-refractivity contribution in [3.8, 4) is 34.3 Å². The van der Waals surface area contributed by atoms with Crippen LogP contribution in [0.4, 0.5) is 5.69 Å². The van der Waals surface area contributed by atoms with Crippen molar-refractivity contribution in [2.24, 2.45) is 10.1 Å². The molecule has 1 amide bonds. The number of phenols is 1. The number of carbonyl (C=O) groups is 1. The average Bonchev–Trinajstić information content (AvgIpc) is 3.24. The first kappa shape index (κ1) is 22.2. The molecule has 2 N–H and O–H groups in total. The third-order valence-electron chi connectivity index (χ3n) is 4.77. The first-order valence-corrected chi connectivity index (χ1v) is 10.8. The Hall–Kier alpha value is -4.05. The Labute approximate surface area is 193 Å². The maximum atomic E-state index is 11.7. The zero-order chi connectivity index (χ0) is 23.4. The number of aromatic hydroxyl groups is 1. The summed E-state index contributed by atoms with van der Waals surface area (Å²) in [4.78, 5) is 16.9. The minimum atomic E-state index is -0.201. The van der Waals surface area contributed by atoms with Gasteiger partial charge in [0.15, 0.2) is 18.1 Å². The first-order chi connectivity index (χ1) is 16.0. The summed E-state index contributed by atoms with van der Waals surface area (Å²) in [7, 11) is 2.93. The highest BCUT2D eigenvalue weighted by molar-refractivity contribution is 7.07. The fraction of sp³-hybridized carbons (Fsp3) is 0.174. The topological polar surface area (TPSA) is 107 Å². The molecule has 3 aromatic rings. The van der Waals surface area contributed by atoms with Gasteiger partial charge in [0.1, 0.15) is 5.75 Å². The van der Waals surface area contributed by atoms with Gasteiger partial charge in [0.25, 0.3) is 5.91 Å². The number of thiazole rings is 1. The number of anilines is 1. The third-order valence-corrected chi connectivity index (χ3v) is 5.63. The molecule has 0 fully saturated rings. The summed E-state index contributed by atoms with van der Waals surface area (Å²) in [5.41, 5.74) is 2.86. The quantitative estimate of drug-likeness (QED) is 0.411. The molecule has 4 rings (SSSR count). The van der Waals surface area contributed by atoms with Crippen molar-refractivity contribution in [2.75, 3.05) is 32.7 Å². The van der Waals surface area contributed by atoms with Gasteiger partial charge in [-0.25, -0.2) is 4.68 Å². The van der Waals surface area contributed by atoms with Gasteiger partial charge in [0.05, 0.1) is 38.4 Å². The molecule has 0 spiro atoms. The van der Waals surface area contributed by atoms with Crippen LogP contribution in [0.25, 0.3) is 11.3 Å². The molecule has 0 saturated carbocycles. The Morgan fingerprint density at radius 2 is 2.03 bits per heavy atom. The predicted molar refractivity (Wildman–Crippen MR) is 127 cm³/mol. The Balaban J connectivity index is 1.79. The second-order valence-corrected chi connectivity index (χ2v) is 7.75. The molecule has 0 aliphatic carbocycles. The van der Waals surface area contributed by atoms with E-state index in [0.717, 1.165) is 11.3 Å². The van der Waals surface area contributed by atoms with Gasteiger partial charge in [-0.15, -0.1) is 17.9 Å². The summed E-state index contributed by atoms with van der Waals surface area (Å²) < 4.78 is 17.6. The normalized spacial score (nSPS) is 13.4. The lowest BCUT2D eigenvalue weighted by atomic mass is 10.1. The van der Waals surface area contributed by atoms with Crippen LogP contribution in [-0.4, -0.2) is 49.3 Å². The van der Waals surface area contributed by atoms with Crippen molar-refractivity contribution in [3.05, 3.63) is 58.7 Å². The Kier molecular flexibility index (Phi) is 6.45. The van der Waals surface area contributed by atoms with E-state index in [9.17, 15) is 9.90 Å². The Bertz CT molecular complexity index is 1280. The number of nitrogens with one attached hydrogen (secondary N) is 1. The number of aromatic nitrogens is 1. The molecule has 170 valence electrons. The van der Waals surface area contributed by atoms with Gasteiger partial charge in [-0.05, 0) is 30.3 Å². The summed E-state index contributed by atoms with van der Waals surface area (Å²) in [6.07, 6.45) is 3.33. The minimum absolute atomic E-state index is 0.000767. The fourth-order valence-electron chi connectivity index (χ4n) is 3.22. The third kappa shape index (κ3) is 4.60. The Morgan fingerprint density at radius 3 is 2.73 bits per heavy atom. The van der Waals surface area contributed by atoms with E-state index in [1.54, 1.807) is 29.1 Å². The second-order valence-electron chi connectivity index (χ2n) is 6.91. The molecule has 0 unspecified atom stereocenters. The van der Waals surface area contributed by atoms with Crippen LogP contribution >= 0.6 is 11.3 Å². The largest absolute Gasteiger partial charge is 0.502 e. The molecule has 0 bridgehead atoms. The van der Waals surface area contributed by atoms with Crippen LogP contribution in [0, 0.1) is 0 Å². The number of hydrogen-bond acceptors (Lipinski definition) is 8. The number of rotatable bonds is 7. The molecule has 1 aromatic heterocycles. The SMILES string of the molecule is C=CCN=c1scc(-c2ccc3c(c2)NC(=O)CO3)n1N=Cc1cc(OC)c(O)c(OC)c1. The molecule has 2 heterocycles. The highest BCUT2D eigenvalue weighted by Gasteiger charge is 2.18. The van der Waals surface area contributed by atoms with Crippen LogP contribution in [0.5, 0.6) is 23.0 Å². The highest BCUT2D eigenvalue weighted by atomic mass is 32.1. The van der Waals surface area contributed by atoms with E-state index in [1.807, 2.05) is 23.6 Å². The monoisotopic (exact) mass is 466 g/mol. The van der Waals surface area contributed by atoms with Crippen molar-refractivity contribution in [1.29, 1.82) is 0 Å². The maximum absolute atomic E-state index is 11.7. The second kappa shape index (κ2) is 9.61. The van der Waals surface area contributed by atoms with Crippen LogP contribution in [-0.2, 0) is 4.79 Å². The van der Waals surface area contributed by atoms with Crippen LogP contribution in [0.15, 0.2) is 58.5 Å². The van der Waals surface area contributed by atoms with Gasteiger partial charge < -0.3 is 24.6 Å². The van der Waals surface area contributed by atoms with Crippen molar-refractivity contribution in [3.63, 3.8) is 0 Å². The first-order valence-electron chi connectivity index (χ1n) is 9.92. The van der Waals surface area contributed by atoms with Gasteiger partial charge in [-0.1, -0.05) is 6.08 Å². The molecule has 0 atom stereocenters. The fourth-order valence-corrected chi connectivity index (χ4v) is 4.06. The highest BCUT2D eigenvalue weighted by Crippen LogP contribution is 2.37. The molecule has 33 heavy (non-hydrogen) atoms. The summed E-state index contributed by atoms with van der Waals surface area (Å²) >= 11 is 1.43. The average molecular weight is 467 g/mol. The number of phenolic OH excluding ortho intramolecular Hbond substituents is 1. The smallest absolute Gasteiger partial charge is 0.262 e. The lowest BCUT2D eigenvalue weighted by molar-refractivity contribution is -0.118. The van der Waals surface area contributed by atoms with Crippen molar-refractivity contribution < 1.29 is 24.1 Å². The number of hydrogen-bond donors (Lipinski definition) is 2. The summed E-state index contributed by atoms with van der Waals surface area (Å²) in [5.74, 6) is 0.874. The van der Waals surface area contributed by atoms with E-state index >= 15 is 0 Å². The maximum Gasteiger partial charge on any atom is 0.262 e. The van der Waals surface area contributed by atoms with Gasteiger partial charge >= 0.3 is 0 Å². The van der Waals surface area contributed by atoms with Crippen LogP contribution in [0.2, 0.25) is 0 Å². The van der Waals surface area contributed by atoms with Gasteiger partial charge in [0, 0.05) is 16.5 Å². The Morgan fingerprint density at radius 1 is 1.27 bits per heavy atom. The number of fused-ring (bicyclic) bond motifs is 1. The number of nitrogens with zero attached hydrogens (tertiary/aromatic N) is 3. The molecule has 1 aliphatic heterocycles. The molecule has 0 radical (unpaired) electrons. The van der Waals surface area contributed by atoms with Crippen molar-refractivity contribution >= 4 is 29.1 Å². The molecule has 9 nitrogen and oxygen atoms in total. The number of methoxy groups -OCH3 is 2. The van der Waals surface area contributed by atoms with E-state index in [4.69, 9.17) is 14.2 Å². The predicted octanol–water partition coefficient (Wildman–Crippen LogP) is 3.24. The zero-order valence-electron chi connectivity index (χ0n) is 18.1. The van der Waals surface area contributed by atoms with Crippen molar-refractivity contribution in [1.82, 2.24) is 4.68 Å². The van der Waals surface area contributed by atoms with Crippen LogP contribution in [0.1, 0.15) is 5.56 Å². The molecular formula is C23H22N4O5S. The number of amides is 1. The number of ether oxygens (including phenoxy) is 3.